The Labute approximate surface area is 70.1 Å². The van der Waals surface area contributed by atoms with Gasteiger partial charge in [0.2, 0.25) is 0 Å². The molecule has 0 bridgehead atoms. The molecule has 0 aromatic heterocycles. The highest BCUT2D eigenvalue weighted by atomic mass is 79.9. The third kappa shape index (κ3) is 1.20. The van der Waals surface area contributed by atoms with Crippen LogP contribution in [0.4, 0.5) is 0 Å². The SMILES string of the molecule is BrC1=C(C2CC2)C=CC[CH]1. The van der Waals surface area contributed by atoms with Gasteiger partial charge in [-0.05, 0) is 30.8 Å². The Kier molecular flexibility index (Phi) is 1.69. The van der Waals surface area contributed by atoms with Gasteiger partial charge >= 0.3 is 0 Å². The molecule has 0 nitrogen and oxygen atoms in total. The van der Waals surface area contributed by atoms with E-state index < -0.39 is 0 Å². The Balaban J connectivity index is 2.21. The van der Waals surface area contributed by atoms with Crippen LogP contribution in [-0.2, 0) is 0 Å². The minimum absolute atomic E-state index is 0.877. The lowest BCUT2D eigenvalue weighted by Crippen LogP contribution is -1.91. The predicted octanol–water partition coefficient (Wildman–Crippen LogP) is 3.21. The Bertz CT molecular complexity index is 197. The molecule has 0 aliphatic heterocycles. The molecule has 1 fully saturated rings. The van der Waals surface area contributed by atoms with Crippen molar-refractivity contribution in [3.8, 4) is 0 Å². The Morgan fingerprint density at radius 2 is 2.20 bits per heavy atom. The lowest BCUT2D eigenvalue weighted by Gasteiger charge is -2.08. The first-order chi connectivity index (χ1) is 4.88. The fourth-order valence-corrected chi connectivity index (χ4v) is 1.93. The number of halogens is 1. The van der Waals surface area contributed by atoms with Gasteiger partial charge in [-0.15, -0.1) is 0 Å². The van der Waals surface area contributed by atoms with E-state index in [9.17, 15) is 0 Å². The standard InChI is InChI=1S/C9H10Br/c10-9-4-2-1-3-8(9)7-5-6-7/h1,3-4,7H,2,5-6H2. The van der Waals surface area contributed by atoms with Crippen LogP contribution in [0.25, 0.3) is 0 Å². The van der Waals surface area contributed by atoms with E-state index in [1.54, 1.807) is 0 Å². The monoisotopic (exact) mass is 197 g/mol. The van der Waals surface area contributed by atoms with E-state index in [0.717, 1.165) is 12.3 Å². The van der Waals surface area contributed by atoms with E-state index in [1.165, 1.54) is 22.9 Å². The molecule has 1 heteroatoms. The van der Waals surface area contributed by atoms with Crippen LogP contribution in [0, 0.1) is 12.3 Å². The third-order valence-corrected chi connectivity index (χ3v) is 2.81. The van der Waals surface area contributed by atoms with Gasteiger partial charge in [-0.1, -0.05) is 28.1 Å². The number of rotatable bonds is 1. The van der Waals surface area contributed by atoms with Crippen molar-refractivity contribution in [3.05, 3.63) is 28.6 Å². The molecular weight excluding hydrogens is 188 g/mol. The number of hydrogen-bond acceptors (Lipinski definition) is 0. The Hall–Kier alpha value is -0.0400. The molecule has 0 heterocycles. The normalized spacial score (nSPS) is 25.7. The smallest absolute Gasteiger partial charge is 0.00258 e. The van der Waals surface area contributed by atoms with Gasteiger partial charge in [-0.25, -0.2) is 0 Å². The van der Waals surface area contributed by atoms with Crippen molar-refractivity contribution in [2.75, 3.05) is 0 Å². The summed E-state index contributed by atoms with van der Waals surface area (Å²) >= 11 is 3.57. The Morgan fingerprint density at radius 1 is 1.40 bits per heavy atom. The molecule has 0 atom stereocenters. The van der Waals surface area contributed by atoms with Crippen molar-refractivity contribution < 1.29 is 0 Å². The molecule has 1 saturated carbocycles. The number of allylic oxidation sites excluding steroid dienone is 4. The zero-order valence-electron chi connectivity index (χ0n) is 5.81. The lowest BCUT2D eigenvalue weighted by atomic mass is 10.0. The van der Waals surface area contributed by atoms with Crippen LogP contribution < -0.4 is 0 Å². The first kappa shape index (κ1) is 6.66. The molecule has 0 N–H and O–H groups in total. The molecule has 0 aromatic rings. The van der Waals surface area contributed by atoms with E-state index in [0.29, 0.717) is 0 Å². The van der Waals surface area contributed by atoms with Crippen LogP contribution in [0.15, 0.2) is 22.2 Å². The van der Waals surface area contributed by atoms with Gasteiger partial charge in [-0.3, -0.25) is 0 Å². The minimum atomic E-state index is 0.877. The van der Waals surface area contributed by atoms with Crippen molar-refractivity contribution in [2.24, 2.45) is 5.92 Å². The van der Waals surface area contributed by atoms with Crippen LogP contribution >= 0.6 is 15.9 Å². The molecule has 53 valence electrons. The van der Waals surface area contributed by atoms with Crippen molar-refractivity contribution >= 4 is 15.9 Å². The summed E-state index contributed by atoms with van der Waals surface area (Å²) in [6, 6.07) is 0. The fourth-order valence-electron chi connectivity index (χ4n) is 1.29. The van der Waals surface area contributed by atoms with Crippen molar-refractivity contribution in [2.45, 2.75) is 19.3 Å². The third-order valence-electron chi connectivity index (χ3n) is 2.02. The number of hydrogen-bond donors (Lipinski definition) is 0. The molecule has 2 rings (SSSR count). The largest absolute Gasteiger partial charge is 0.0836 e. The van der Waals surface area contributed by atoms with Gasteiger partial charge in [-0.2, -0.15) is 0 Å². The van der Waals surface area contributed by atoms with Gasteiger partial charge < -0.3 is 0 Å². The maximum Gasteiger partial charge on any atom is 0.00258 e. The predicted molar refractivity (Wildman–Crippen MR) is 46.7 cm³/mol. The quantitative estimate of drug-likeness (QED) is 0.606. The minimum Gasteiger partial charge on any atom is -0.0836 e. The second kappa shape index (κ2) is 2.54. The van der Waals surface area contributed by atoms with E-state index in [-0.39, 0.29) is 0 Å². The molecule has 0 amide bonds. The summed E-state index contributed by atoms with van der Waals surface area (Å²) in [6.45, 7) is 0. The zero-order valence-corrected chi connectivity index (χ0v) is 7.39. The summed E-state index contributed by atoms with van der Waals surface area (Å²) in [5.74, 6) is 0.877. The van der Waals surface area contributed by atoms with E-state index >= 15 is 0 Å². The van der Waals surface area contributed by atoms with Crippen LogP contribution in [0.5, 0.6) is 0 Å². The Morgan fingerprint density at radius 3 is 2.80 bits per heavy atom. The second-order valence-corrected chi connectivity index (χ2v) is 3.77. The summed E-state index contributed by atoms with van der Waals surface area (Å²) in [7, 11) is 0. The van der Waals surface area contributed by atoms with Gasteiger partial charge in [0, 0.05) is 10.9 Å². The average molecular weight is 198 g/mol. The molecule has 0 saturated heterocycles. The van der Waals surface area contributed by atoms with E-state index in [2.05, 4.69) is 34.5 Å². The molecular formula is C9H10Br. The highest BCUT2D eigenvalue weighted by Crippen LogP contribution is 2.42. The highest BCUT2D eigenvalue weighted by Gasteiger charge is 2.26. The molecule has 1 radical (unpaired) electrons. The van der Waals surface area contributed by atoms with Crippen molar-refractivity contribution in [1.29, 1.82) is 0 Å². The fraction of sp³-hybridized carbons (Fsp3) is 0.444. The molecule has 0 unspecified atom stereocenters. The van der Waals surface area contributed by atoms with Gasteiger partial charge in [0.05, 0.1) is 0 Å². The summed E-state index contributed by atoms with van der Waals surface area (Å²) in [4.78, 5) is 0. The first-order valence-corrected chi connectivity index (χ1v) is 4.56. The molecule has 0 spiro atoms. The summed E-state index contributed by atoms with van der Waals surface area (Å²) in [6.07, 6.45) is 10.6. The second-order valence-electron chi connectivity index (χ2n) is 2.92. The maximum atomic E-state index is 3.57. The summed E-state index contributed by atoms with van der Waals surface area (Å²) < 4.78 is 1.33. The van der Waals surface area contributed by atoms with Gasteiger partial charge in [0.1, 0.15) is 0 Å². The van der Waals surface area contributed by atoms with Crippen molar-refractivity contribution in [1.82, 2.24) is 0 Å². The van der Waals surface area contributed by atoms with Crippen LogP contribution in [-0.4, -0.2) is 0 Å². The van der Waals surface area contributed by atoms with Crippen LogP contribution in [0.2, 0.25) is 0 Å². The zero-order chi connectivity index (χ0) is 6.97. The van der Waals surface area contributed by atoms with Gasteiger partial charge in [0.15, 0.2) is 0 Å². The summed E-state index contributed by atoms with van der Waals surface area (Å²) in [5.41, 5.74) is 1.52. The van der Waals surface area contributed by atoms with Crippen LogP contribution in [0.3, 0.4) is 0 Å². The lowest BCUT2D eigenvalue weighted by molar-refractivity contribution is 1.02. The highest BCUT2D eigenvalue weighted by molar-refractivity contribution is 9.11. The van der Waals surface area contributed by atoms with E-state index in [4.69, 9.17) is 0 Å². The van der Waals surface area contributed by atoms with Crippen molar-refractivity contribution in [3.63, 3.8) is 0 Å². The molecule has 2 aliphatic carbocycles. The molecule has 10 heavy (non-hydrogen) atoms. The topological polar surface area (TPSA) is 0 Å². The molecule has 0 aromatic carbocycles. The average Bonchev–Trinajstić information content (AvgIpc) is 2.71. The van der Waals surface area contributed by atoms with E-state index in [1.807, 2.05) is 0 Å². The van der Waals surface area contributed by atoms with Crippen LogP contribution in [0.1, 0.15) is 19.3 Å². The molecule has 2 aliphatic rings. The maximum absolute atomic E-state index is 3.57. The van der Waals surface area contributed by atoms with Gasteiger partial charge in [0.25, 0.3) is 0 Å². The first-order valence-electron chi connectivity index (χ1n) is 3.77. The summed E-state index contributed by atoms with van der Waals surface area (Å²) in [5, 5.41) is 0.